The lowest BCUT2D eigenvalue weighted by Gasteiger charge is -2.27. The van der Waals surface area contributed by atoms with E-state index in [-0.39, 0.29) is 50.0 Å². The fraction of sp³-hybridized carbons (Fsp3) is 0.654. The molecule has 20 heteroatoms. The van der Waals surface area contributed by atoms with Crippen LogP contribution in [0.2, 0.25) is 0 Å². The summed E-state index contributed by atoms with van der Waals surface area (Å²) in [7, 11) is 0. The summed E-state index contributed by atoms with van der Waals surface area (Å²) in [6, 6.07) is -7.77. The van der Waals surface area contributed by atoms with Crippen molar-refractivity contribution in [2.24, 2.45) is 22.4 Å². The summed E-state index contributed by atoms with van der Waals surface area (Å²) in [5.74, 6) is -9.47. The minimum atomic E-state index is -1.80. The highest BCUT2D eigenvalue weighted by atomic mass is 16.4. The molecule has 46 heavy (non-hydrogen) atoms. The average Bonchev–Trinajstić information content (AvgIpc) is 2.93. The molecular formula is C26H44N8O12. The molecule has 0 aromatic carbocycles. The third kappa shape index (κ3) is 17.4. The maximum Gasteiger partial charge on any atom is 0.328 e. The molecule has 0 aliphatic heterocycles. The smallest absolute Gasteiger partial charge is 0.328 e. The summed E-state index contributed by atoms with van der Waals surface area (Å²) >= 11 is 0. The van der Waals surface area contributed by atoms with Gasteiger partial charge in [0.15, 0.2) is 5.96 Å². The van der Waals surface area contributed by atoms with Crippen LogP contribution in [0.3, 0.4) is 0 Å². The highest BCUT2D eigenvalue weighted by Crippen LogP contribution is 2.09. The average molecular weight is 661 g/mol. The number of aliphatic hydroxyl groups excluding tert-OH is 1. The van der Waals surface area contributed by atoms with Crippen molar-refractivity contribution in [2.75, 3.05) is 19.7 Å². The highest BCUT2D eigenvalue weighted by Gasteiger charge is 2.33. The number of aliphatic carboxylic acids is 3. The SMILES string of the molecule is CC(=O)CN[C@@H](CC(=O)O)C(=O)N[C@@H](CCCN=C(N)N)C(=O)N[C@@H](CC(C)C)C(=O)N[C@@H](CC(=O)O)C(=O)N[C@@H](CO)C(=O)O. The molecular weight excluding hydrogens is 616 g/mol. The molecule has 4 amide bonds. The number of nitrogens with one attached hydrogen (secondary N) is 5. The number of amides is 4. The lowest BCUT2D eigenvalue weighted by molar-refractivity contribution is -0.144. The van der Waals surface area contributed by atoms with Crippen molar-refractivity contribution in [3.63, 3.8) is 0 Å². The molecule has 0 radical (unpaired) electrons. The summed E-state index contributed by atoms with van der Waals surface area (Å²) in [5.41, 5.74) is 10.6. The molecule has 260 valence electrons. The van der Waals surface area contributed by atoms with Gasteiger partial charge in [-0.15, -0.1) is 0 Å². The third-order valence-electron chi connectivity index (χ3n) is 6.02. The van der Waals surface area contributed by atoms with Crippen molar-refractivity contribution in [3.8, 4) is 0 Å². The second-order valence-electron chi connectivity index (χ2n) is 10.7. The number of aliphatic imine (C=N–C) groups is 1. The summed E-state index contributed by atoms with van der Waals surface area (Å²) in [6.07, 6.45) is -1.70. The lowest BCUT2D eigenvalue weighted by Crippen LogP contribution is -2.59. The van der Waals surface area contributed by atoms with Gasteiger partial charge in [-0.1, -0.05) is 13.8 Å². The normalized spacial score (nSPS) is 14.0. The third-order valence-corrected chi connectivity index (χ3v) is 6.02. The van der Waals surface area contributed by atoms with E-state index in [0.717, 1.165) is 0 Å². The van der Waals surface area contributed by atoms with Crippen molar-refractivity contribution in [1.82, 2.24) is 26.6 Å². The van der Waals surface area contributed by atoms with Crippen LogP contribution in [0.5, 0.6) is 0 Å². The van der Waals surface area contributed by atoms with Crippen LogP contribution in [-0.2, 0) is 38.4 Å². The molecule has 0 spiro atoms. The predicted octanol–water partition coefficient (Wildman–Crippen LogP) is -4.40. The molecule has 0 rings (SSSR count). The van der Waals surface area contributed by atoms with Crippen LogP contribution in [-0.4, -0.2) is 124 Å². The Morgan fingerprint density at radius 1 is 0.696 bits per heavy atom. The molecule has 20 nitrogen and oxygen atoms in total. The number of rotatable bonds is 23. The van der Waals surface area contributed by atoms with Crippen molar-refractivity contribution < 1.29 is 58.8 Å². The standard InChI is InChI=1S/C26H44N8O12/c1-12(2)7-16(23(43)33-17(9-20(39)40)24(44)34-18(11-35)25(45)46)32-21(41)14(5-4-6-29-26(27)28)31-22(42)15(8-19(37)38)30-10-13(3)36/h12,14-18,30,35H,4-11H2,1-3H3,(H,31,42)(H,32,41)(H,33,43)(H,34,44)(H,37,38)(H,39,40)(H,45,46)(H4,27,28,29)/t14-,15-,16-,17-,18-/m0/s1. The van der Waals surface area contributed by atoms with Gasteiger partial charge in [0.25, 0.3) is 0 Å². The first kappa shape index (κ1) is 41.1. The van der Waals surface area contributed by atoms with Crippen molar-refractivity contribution in [3.05, 3.63) is 0 Å². The largest absolute Gasteiger partial charge is 0.481 e. The Hall–Kier alpha value is -4.85. The number of carbonyl (C=O) groups is 8. The minimum Gasteiger partial charge on any atom is -0.481 e. The molecule has 0 aliphatic rings. The number of nitrogens with zero attached hydrogens (tertiary/aromatic N) is 1. The molecule has 0 saturated carbocycles. The van der Waals surface area contributed by atoms with Gasteiger partial charge >= 0.3 is 17.9 Å². The van der Waals surface area contributed by atoms with E-state index >= 15 is 0 Å². The Labute approximate surface area is 264 Å². The molecule has 13 N–H and O–H groups in total. The van der Waals surface area contributed by atoms with Gasteiger partial charge in [-0.3, -0.25) is 43.9 Å². The maximum atomic E-state index is 13.4. The first-order valence-electron chi connectivity index (χ1n) is 14.1. The highest BCUT2D eigenvalue weighted by molar-refractivity contribution is 5.97. The molecule has 0 heterocycles. The molecule has 0 aromatic rings. The second kappa shape index (κ2) is 21.0. The molecule has 0 saturated heterocycles. The van der Waals surface area contributed by atoms with E-state index in [1.165, 1.54) is 6.92 Å². The molecule has 0 aliphatic carbocycles. The molecule has 0 unspecified atom stereocenters. The first-order chi connectivity index (χ1) is 21.4. The summed E-state index contributed by atoms with van der Waals surface area (Å²) in [4.78, 5) is 101. The van der Waals surface area contributed by atoms with Crippen LogP contribution in [0.1, 0.15) is 52.9 Å². The molecule has 0 fully saturated rings. The van der Waals surface area contributed by atoms with E-state index in [1.54, 1.807) is 13.8 Å². The zero-order chi connectivity index (χ0) is 35.6. The number of carboxylic acids is 3. The van der Waals surface area contributed by atoms with Gasteiger partial charge in [-0.05, 0) is 32.1 Å². The Morgan fingerprint density at radius 2 is 1.15 bits per heavy atom. The monoisotopic (exact) mass is 660 g/mol. The van der Waals surface area contributed by atoms with Crippen molar-refractivity contribution >= 4 is 53.3 Å². The van der Waals surface area contributed by atoms with Gasteiger partial charge in [0, 0.05) is 6.54 Å². The van der Waals surface area contributed by atoms with Crippen LogP contribution in [0, 0.1) is 5.92 Å². The van der Waals surface area contributed by atoms with E-state index in [4.69, 9.17) is 16.6 Å². The number of carboxylic acid groups (broad SMARTS) is 3. The topological polar surface area (TPSA) is 342 Å². The number of guanidine groups is 1. The quantitative estimate of drug-likeness (QED) is 0.0280. The summed E-state index contributed by atoms with van der Waals surface area (Å²) in [5, 5.41) is 48.2. The first-order valence-corrected chi connectivity index (χ1v) is 14.1. The van der Waals surface area contributed by atoms with Crippen LogP contribution in [0.15, 0.2) is 4.99 Å². The maximum absolute atomic E-state index is 13.4. The van der Waals surface area contributed by atoms with E-state index in [0.29, 0.717) is 0 Å². The Balaban J connectivity index is 6.14. The van der Waals surface area contributed by atoms with E-state index in [2.05, 4.69) is 26.3 Å². The van der Waals surface area contributed by atoms with Crippen LogP contribution >= 0.6 is 0 Å². The molecule has 5 atom stereocenters. The Kier molecular flexibility index (Phi) is 18.8. The van der Waals surface area contributed by atoms with Crippen molar-refractivity contribution in [2.45, 2.75) is 83.1 Å². The summed E-state index contributed by atoms with van der Waals surface area (Å²) in [6.45, 7) is 3.28. The minimum absolute atomic E-state index is 0.0378. The van der Waals surface area contributed by atoms with Gasteiger partial charge in [0.1, 0.15) is 30.0 Å². The molecule has 0 bridgehead atoms. The fourth-order valence-electron chi connectivity index (χ4n) is 3.83. The number of nitrogens with two attached hydrogens (primary N) is 2. The molecule has 0 aromatic heterocycles. The van der Waals surface area contributed by atoms with Gasteiger partial charge in [0.05, 0.1) is 32.0 Å². The van der Waals surface area contributed by atoms with E-state index in [9.17, 15) is 53.7 Å². The Bertz CT molecular complexity index is 1140. The number of Topliss-reactive ketones (excluding diaryl/α,β-unsaturated/α-hetero) is 1. The zero-order valence-corrected chi connectivity index (χ0v) is 25.8. The van der Waals surface area contributed by atoms with Gasteiger partial charge < -0.3 is 53.2 Å². The number of ketones is 1. The number of hydrogen-bond donors (Lipinski definition) is 11. The van der Waals surface area contributed by atoms with Gasteiger partial charge in [-0.25, -0.2) is 4.79 Å². The Morgan fingerprint density at radius 3 is 1.63 bits per heavy atom. The van der Waals surface area contributed by atoms with Crippen LogP contribution < -0.4 is 38.1 Å². The second-order valence-corrected chi connectivity index (χ2v) is 10.7. The van der Waals surface area contributed by atoms with Crippen LogP contribution in [0.25, 0.3) is 0 Å². The van der Waals surface area contributed by atoms with Crippen LogP contribution in [0.4, 0.5) is 0 Å². The zero-order valence-electron chi connectivity index (χ0n) is 25.8. The number of aliphatic hydroxyl groups is 1. The van der Waals surface area contributed by atoms with E-state index in [1.807, 2.05) is 5.32 Å². The van der Waals surface area contributed by atoms with Gasteiger partial charge in [0.2, 0.25) is 23.6 Å². The fourth-order valence-corrected chi connectivity index (χ4v) is 3.83. The summed E-state index contributed by atoms with van der Waals surface area (Å²) < 4.78 is 0. The van der Waals surface area contributed by atoms with E-state index < -0.39 is 91.2 Å². The number of hydrogen-bond acceptors (Lipinski definition) is 11. The number of carbonyl (C=O) groups excluding carboxylic acids is 5. The lowest BCUT2D eigenvalue weighted by atomic mass is 10.0. The predicted molar refractivity (Wildman–Crippen MR) is 159 cm³/mol. The van der Waals surface area contributed by atoms with Gasteiger partial charge in [-0.2, -0.15) is 0 Å². The van der Waals surface area contributed by atoms with Crippen molar-refractivity contribution in [1.29, 1.82) is 0 Å².